The highest BCUT2D eigenvalue weighted by Gasteiger charge is 2.40. The van der Waals surface area contributed by atoms with Gasteiger partial charge in [0.25, 0.3) is 0 Å². The lowest BCUT2D eigenvalue weighted by Gasteiger charge is -2.14. The fourth-order valence-electron chi connectivity index (χ4n) is 9.80. The molecule has 10 rings (SSSR count). The third-order valence-corrected chi connectivity index (χ3v) is 16.6. The largest absolute Gasteiger partial charge is 0.481 e. The number of aryl methyl sites for hydroxylation is 4. The Morgan fingerprint density at radius 1 is 0.404 bits per heavy atom. The van der Waals surface area contributed by atoms with Gasteiger partial charge in [0.15, 0.2) is 0 Å². The van der Waals surface area contributed by atoms with Crippen molar-refractivity contribution in [2.24, 2.45) is 29.0 Å². The standard InChI is InChI=1S/C18H20O2.C17H19NO2.C16H17NO2S.C13H15NO4.C11H14O2.C9H11NO2S/c1-14-8-10-16(11-9-14)12-15(2)18(19)20-13-17-6-4-3-5-7-17;1-13-7-9-14(10-8-13)11-16(18)17(19)20-12-15-5-3-2-4-6-15;17-15(10-12-6-8-14(20)9-7-12)16(18)19-11-13-4-2-1-3-5-13;1-8-3-5-9(6-4-8)7-10-11(12(15)17-2)18-13(16)14-10;1-8-3-5-10(6-4-8)7-9(2)11(12)13;10-8(9(11)12)5-6-1-3-7(13)4-2-6/h3-11,15H,12-13H2,1-2H3;2-10,16H,11-12,18H2,1H3;1-9,15,20H,10-11,17H2;3-6,10-11H,7H2,1-2H3,(H,14,16);3-6,9H,7H2,1-2H3,(H,12,13);1-4,8,13H,5,10H2,(H,11,12)/t15-;16-;15-;10-,11-;9-;8-/m111000/s1. The van der Waals surface area contributed by atoms with Crippen molar-refractivity contribution in [1.82, 2.24) is 5.32 Å². The molecule has 20 heteroatoms. The number of nitrogens with two attached hydrogens (primary N) is 3. The first kappa shape index (κ1) is 84.3. The van der Waals surface area contributed by atoms with Gasteiger partial charge in [0.05, 0.1) is 25.0 Å². The number of esters is 4. The lowest BCUT2D eigenvalue weighted by molar-refractivity contribution is -0.150. The smallest absolute Gasteiger partial charge is 0.408 e. The van der Waals surface area contributed by atoms with E-state index in [0.29, 0.717) is 45.1 Å². The molecule has 0 bridgehead atoms. The molecule has 9 aromatic carbocycles. The van der Waals surface area contributed by atoms with Crippen LogP contribution in [-0.2, 0) is 111 Å². The van der Waals surface area contributed by atoms with Crippen LogP contribution in [0.4, 0.5) is 4.79 Å². The number of alkyl carbamates (subject to hydrolysis) is 1. The minimum absolute atomic E-state index is 0.124. The van der Waals surface area contributed by atoms with Gasteiger partial charge >= 0.3 is 41.9 Å². The van der Waals surface area contributed by atoms with Crippen molar-refractivity contribution in [2.75, 3.05) is 7.11 Å². The van der Waals surface area contributed by atoms with Gasteiger partial charge in [-0.05, 0) is 141 Å². The number of amides is 1. The zero-order chi connectivity index (χ0) is 75.9. The average molecular weight is 1450 g/mol. The molecule has 9 aromatic rings. The van der Waals surface area contributed by atoms with Crippen molar-refractivity contribution in [1.29, 1.82) is 0 Å². The predicted molar refractivity (Wildman–Crippen MR) is 410 cm³/mol. The van der Waals surface area contributed by atoms with Gasteiger partial charge in [-0.3, -0.25) is 24.0 Å². The lowest BCUT2D eigenvalue weighted by atomic mass is 10.0. The quantitative estimate of drug-likeness (QED) is 0.0158. The summed E-state index contributed by atoms with van der Waals surface area (Å²) in [5.74, 6) is -3.57. The van der Waals surface area contributed by atoms with Crippen LogP contribution in [0.15, 0.2) is 246 Å². The molecule has 0 radical (unpaired) electrons. The van der Waals surface area contributed by atoms with Gasteiger partial charge in [0.1, 0.15) is 37.9 Å². The minimum atomic E-state index is -0.977. The molecule has 9 N–H and O–H groups in total. The highest BCUT2D eigenvalue weighted by Crippen LogP contribution is 2.19. The average Bonchev–Trinajstić information content (AvgIpc) is 1.69. The van der Waals surface area contributed by atoms with Crippen LogP contribution in [0, 0.1) is 39.5 Å². The summed E-state index contributed by atoms with van der Waals surface area (Å²) >= 11 is 8.33. The summed E-state index contributed by atoms with van der Waals surface area (Å²) in [6.45, 7) is 12.6. The molecule has 0 unspecified atom stereocenters. The Balaban J connectivity index is 0.000000226. The van der Waals surface area contributed by atoms with Crippen molar-refractivity contribution in [2.45, 2.75) is 140 Å². The van der Waals surface area contributed by atoms with E-state index in [9.17, 15) is 33.6 Å². The van der Waals surface area contributed by atoms with Gasteiger partial charge in [-0.2, -0.15) is 0 Å². The molecule has 1 fully saturated rings. The molecule has 18 nitrogen and oxygen atoms in total. The minimum Gasteiger partial charge on any atom is -0.481 e. The molecule has 0 aromatic heterocycles. The third kappa shape index (κ3) is 33.2. The number of nitrogens with one attached hydrogen (secondary N) is 1. The summed E-state index contributed by atoms with van der Waals surface area (Å²) in [6, 6.07) is 73.4. The molecular weight excluding hydrogens is 1350 g/mol. The molecule has 0 aliphatic carbocycles. The van der Waals surface area contributed by atoms with Gasteiger partial charge in [-0.15, -0.1) is 25.3 Å². The Morgan fingerprint density at radius 2 is 0.702 bits per heavy atom. The molecule has 1 aliphatic heterocycles. The van der Waals surface area contributed by atoms with Crippen molar-refractivity contribution in [3.05, 3.63) is 309 Å². The molecule has 1 saturated heterocycles. The number of cyclic esters (lactones) is 1. The summed E-state index contributed by atoms with van der Waals surface area (Å²) in [5.41, 5.74) is 31.0. The Kier molecular flexibility index (Phi) is 37.0. The highest BCUT2D eigenvalue weighted by molar-refractivity contribution is 7.80. The van der Waals surface area contributed by atoms with Crippen LogP contribution in [0.3, 0.4) is 0 Å². The molecule has 0 spiro atoms. The number of carboxylic acid groups (broad SMARTS) is 2. The van der Waals surface area contributed by atoms with E-state index in [0.717, 1.165) is 59.9 Å². The maximum Gasteiger partial charge on any atom is 0.408 e. The number of ether oxygens (including phenoxy) is 5. The number of aliphatic carboxylic acids is 2. The normalized spacial score (nSPS) is 13.8. The predicted octanol–water partition coefficient (Wildman–Crippen LogP) is 13.5. The fraction of sp³-hybridized carbons (Fsp3) is 0.274. The molecule has 548 valence electrons. The van der Waals surface area contributed by atoms with Crippen molar-refractivity contribution in [3.8, 4) is 0 Å². The monoisotopic (exact) mass is 1450 g/mol. The third-order valence-electron chi connectivity index (χ3n) is 16.0. The number of carbonyl (C=O) groups is 7. The number of methoxy groups -OCH3 is 1. The van der Waals surface area contributed by atoms with Crippen LogP contribution in [0.5, 0.6) is 0 Å². The summed E-state index contributed by atoms with van der Waals surface area (Å²) in [6.07, 6.45) is 1.71. The Bertz CT molecular complexity index is 3730. The van der Waals surface area contributed by atoms with Crippen molar-refractivity contribution >= 4 is 67.2 Å². The molecule has 7 atom stereocenters. The van der Waals surface area contributed by atoms with E-state index < -0.39 is 48.2 Å². The van der Waals surface area contributed by atoms with Crippen LogP contribution in [0.2, 0.25) is 0 Å². The van der Waals surface area contributed by atoms with Gasteiger partial charge in [-0.25, -0.2) is 9.59 Å². The Labute approximate surface area is 621 Å². The molecule has 1 heterocycles. The second-order valence-corrected chi connectivity index (χ2v) is 26.2. The number of hydrogen-bond acceptors (Lipinski definition) is 17. The summed E-state index contributed by atoms with van der Waals surface area (Å²) in [5, 5.41) is 19.9. The molecule has 1 amide bonds. The van der Waals surface area contributed by atoms with Crippen molar-refractivity contribution in [3.63, 3.8) is 0 Å². The number of carbonyl (C=O) groups excluding carboxylic acids is 5. The fourth-order valence-corrected chi connectivity index (χ4v) is 10.1. The summed E-state index contributed by atoms with van der Waals surface area (Å²) in [4.78, 5) is 81.0. The van der Waals surface area contributed by atoms with Gasteiger partial charge in [-0.1, -0.05) is 248 Å². The van der Waals surface area contributed by atoms with Crippen LogP contribution in [0.1, 0.15) is 86.2 Å². The van der Waals surface area contributed by atoms with E-state index in [-0.39, 0.29) is 49.0 Å². The summed E-state index contributed by atoms with van der Waals surface area (Å²) in [7, 11) is 1.28. The van der Waals surface area contributed by atoms with Crippen LogP contribution in [0.25, 0.3) is 0 Å². The lowest BCUT2D eigenvalue weighted by Crippen LogP contribution is -2.38. The first-order valence-electron chi connectivity index (χ1n) is 33.9. The second kappa shape index (κ2) is 45.6. The maximum absolute atomic E-state index is 12.0. The number of benzene rings is 9. The summed E-state index contributed by atoms with van der Waals surface area (Å²) < 4.78 is 25.3. The second-order valence-electron chi connectivity index (χ2n) is 25.2. The van der Waals surface area contributed by atoms with Crippen LogP contribution < -0.4 is 22.5 Å². The van der Waals surface area contributed by atoms with E-state index in [1.165, 1.54) is 29.4 Å². The first-order valence-corrected chi connectivity index (χ1v) is 34.8. The Hall–Kier alpha value is -10.4. The molecule has 0 saturated carbocycles. The van der Waals surface area contributed by atoms with Gasteiger partial charge < -0.3 is 56.4 Å². The highest BCUT2D eigenvalue weighted by atomic mass is 32.1. The van der Waals surface area contributed by atoms with Gasteiger partial charge in [0.2, 0.25) is 6.10 Å². The first-order chi connectivity index (χ1) is 49.7. The Morgan fingerprint density at radius 3 is 1.03 bits per heavy atom. The zero-order valence-electron chi connectivity index (χ0n) is 59.8. The maximum atomic E-state index is 12.0. The topological polar surface area (TPSA) is 296 Å². The molecule has 1 aliphatic rings. The van der Waals surface area contributed by atoms with Crippen LogP contribution in [-0.4, -0.2) is 89.5 Å². The van der Waals surface area contributed by atoms with E-state index in [1.807, 2.05) is 240 Å². The van der Waals surface area contributed by atoms with E-state index >= 15 is 0 Å². The van der Waals surface area contributed by atoms with Crippen molar-refractivity contribution < 1.29 is 67.5 Å². The van der Waals surface area contributed by atoms with Gasteiger partial charge in [0, 0.05) is 9.79 Å². The number of carboxylic acids is 2. The zero-order valence-corrected chi connectivity index (χ0v) is 61.6. The number of hydrogen-bond donors (Lipinski definition) is 8. The van der Waals surface area contributed by atoms with E-state index in [2.05, 4.69) is 66.5 Å². The number of thiol groups is 2. The number of rotatable bonds is 24. The molecule has 104 heavy (non-hydrogen) atoms. The van der Waals surface area contributed by atoms with E-state index in [4.69, 9.17) is 46.4 Å². The van der Waals surface area contributed by atoms with Crippen LogP contribution >= 0.6 is 25.3 Å². The van der Waals surface area contributed by atoms with E-state index in [1.54, 1.807) is 6.92 Å². The SMILES string of the molecule is COC(=O)[C@H]1OC(=O)N[C@H]1Cc1ccc(C)cc1.Cc1ccc(C[C@@H](C)C(=O)OCc2ccccc2)cc1.Cc1ccc(C[C@@H](N)C(=O)OCc2ccccc2)cc1.Cc1ccc(C[C@H](C)C(=O)O)cc1.N[C@@H](Cc1ccc(S)cc1)C(=O)O.N[C@H](Cc1ccc(S)cc1)C(=O)OCc1ccccc1. The molecular formula is C84H96N4O14S2.